The molecule has 6 nitrogen and oxygen atoms in total. The largest absolute Gasteiger partial charge is 0.440 e. The van der Waals surface area contributed by atoms with Crippen molar-refractivity contribution in [1.29, 1.82) is 0 Å². The summed E-state index contributed by atoms with van der Waals surface area (Å²) in [7, 11) is 0. The second-order valence-corrected chi connectivity index (χ2v) is 5.57. The molecule has 0 aliphatic carbocycles. The Morgan fingerprint density at radius 3 is 2.29 bits per heavy atom. The van der Waals surface area contributed by atoms with Crippen molar-refractivity contribution in [2.45, 2.75) is 43.6 Å². The summed E-state index contributed by atoms with van der Waals surface area (Å²) in [6.07, 6.45) is -12.6. The van der Waals surface area contributed by atoms with Gasteiger partial charge in [0.2, 0.25) is 5.91 Å². The Bertz CT molecular complexity index is 555. The summed E-state index contributed by atoms with van der Waals surface area (Å²) < 4.78 is 77.7. The van der Waals surface area contributed by atoms with Gasteiger partial charge in [-0.25, -0.2) is 5.43 Å². The molecule has 24 heavy (non-hydrogen) atoms. The Hall–Kier alpha value is -1.85. The van der Waals surface area contributed by atoms with Crippen LogP contribution in [-0.2, 0) is 9.63 Å². The molecule has 0 saturated heterocycles. The van der Waals surface area contributed by atoms with Crippen LogP contribution in [0.1, 0.15) is 25.7 Å². The minimum Gasteiger partial charge on any atom is -0.369 e. The van der Waals surface area contributed by atoms with Gasteiger partial charge in [-0.05, 0) is 25.3 Å². The van der Waals surface area contributed by atoms with Crippen molar-refractivity contribution < 1.29 is 36.0 Å². The average molecular weight is 360 g/mol. The Kier molecular flexibility index (Phi) is 4.79. The lowest BCUT2D eigenvalue weighted by Crippen LogP contribution is -2.57. The van der Waals surface area contributed by atoms with E-state index in [1.807, 2.05) is 0 Å². The van der Waals surface area contributed by atoms with Crippen LogP contribution in [0.3, 0.4) is 0 Å². The number of hydrazone groups is 1. The minimum atomic E-state index is -5.71. The van der Waals surface area contributed by atoms with Crippen molar-refractivity contribution in [1.82, 2.24) is 5.43 Å². The van der Waals surface area contributed by atoms with E-state index in [4.69, 9.17) is 5.73 Å². The molecule has 0 aromatic carbocycles. The second kappa shape index (κ2) is 6.22. The minimum absolute atomic E-state index is 0.0159. The van der Waals surface area contributed by atoms with Gasteiger partial charge in [-0.15, -0.1) is 0 Å². The van der Waals surface area contributed by atoms with Gasteiger partial charge in [-0.3, -0.25) is 4.79 Å². The van der Waals surface area contributed by atoms with Crippen molar-refractivity contribution in [3.8, 4) is 0 Å². The van der Waals surface area contributed by atoms with Crippen molar-refractivity contribution in [3.63, 3.8) is 0 Å². The number of rotatable bonds is 3. The van der Waals surface area contributed by atoms with Crippen LogP contribution in [0, 0.1) is 5.92 Å². The van der Waals surface area contributed by atoms with Crippen molar-refractivity contribution in [3.05, 3.63) is 0 Å². The van der Waals surface area contributed by atoms with Gasteiger partial charge in [-0.2, -0.15) is 31.4 Å². The zero-order chi connectivity index (χ0) is 18.2. The van der Waals surface area contributed by atoms with E-state index < -0.39 is 36.0 Å². The first-order valence-electron chi connectivity index (χ1n) is 6.94. The fraction of sp³-hybridized carbons (Fsp3) is 0.750. The number of hydrogen-bond acceptors (Lipinski definition) is 5. The van der Waals surface area contributed by atoms with Gasteiger partial charge in [-0.1, -0.05) is 5.16 Å². The van der Waals surface area contributed by atoms with Gasteiger partial charge in [0, 0.05) is 6.42 Å². The van der Waals surface area contributed by atoms with Crippen molar-refractivity contribution in [2.24, 2.45) is 21.9 Å². The zero-order valence-corrected chi connectivity index (χ0v) is 12.2. The summed E-state index contributed by atoms with van der Waals surface area (Å²) in [6, 6.07) is 0. The summed E-state index contributed by atoms with van der Waals surface area (Å²) in [4.78, 5) is 15.3. The predicted octanol–water partition coefficient (Wildman–Crippen LogP) is 1.86. The molecule has 1 amide bonds. The molecular formula is C12H14F6N4O2. The lowest BCUT2D eigenvalue weighted by Gasteiger charge is -2.30. The maximum Gasteiger partial charge on any atom is 0.440 e. The Balaban J connectivity index is 2.26. The molecule has 0 fully saturated rings. The third-order valence-electron chi connectivity index (χ3n) is 3.82. The highest BCUT2D eigenvalue weighted by Gasteiger charge is 2.76. The summed E-state index contributed by atoms with van der Waals surface area (Å²) >= 11 is 0. The lowest BCUT2D eigenvalue weighted by atomic mass is 9.89. The number of carbonyl (C=O) groups is 1. The van der Waals surface area contributed by atoms with Crippen LogP contribution in [-0.4, -0.2) is 41.8 Å². The third-order valence-corrected chi connectivity index (χ3v) is 3.82. The molecule has 2 aliphatic heterocycles. The summed E-state index contributed by atoms with van der Waals surface area (Å²) in [5.74, 6) is -0.855. The van der Waals surface area contributed by atoms with E-state index in [0.717, 1.165) is 0 Å². The van der Waals surface area contributed by atoms with E-state index in [9.17, 15) is 31.1 Å². The fourth-order valence-electron chi connectivity index (χ4n) is 2.50. The van der Waals surface area contributed by atoms with Crippen LogP contribution in [0.4, 0.5) is 26.3 Å². The lowest BCUT2D eigenvalue weighted by molar-refractivity contribution is -0.373. The smallest absolute Gasteiger partial charge is 0.369 e. The molecule has 3 N–H and O–H groups in total. The molecule has 0 bridgehead atoms. The average Bonchev–Trinajstić information content (AvgIpc) is 2.81. The van der Waals surface area contributed by atoms with Crippen molar-refractivity contribution >= 4 is 17.3 Å². The fourth-order valence-corrected chi connectivity index (χ4v) is 2.50. The SMILES string of the molecule is NCCC1CC(=O)NN=C(C2=NOC(C(F)(F)F)(C(F)(F)F)C2)C1. The molecule has 0 saturated carbocycles. The van der Waals surface area contributed by atoms with Crippen LogP contribution in [0.2, 0.25) is 0 Å². The van der Waals surface area contributed by atoms with Crippen LogP contribution in [0.15, 0.2) is 10.3 Å². The molecule has 1 atom stereocenters. The number of nitrogens with two attached hydrogens (primary N) is 1. The first kappa shape index (κ1) is 18.5. The van der Waals surface area contributed by atoms with Gasteiger partial charge >= 0.3 is 18.0 Å². The maximum absolute atomic E-state index is 12.9. The highest BCUT2D eigenvalue weighted by Crippen LogP contribution is 2.50. The Labute approximate surface area is 132 Å². The summed E-state index contributed by atoms with van der Waals surface area (Å²) in [5, 5.41) is 6.55. The quantitative estimate of drug-likeness (QED) is 0.753. The predicted molar refractivity (Wildman–Crippen MR) is 70.0 cm³/mol. The Morgan fingerprint density at radius 1 is 1.17 bits per heavy atom. The molecule has 2 aliphatic rings. The number of hydrogen-bond donors (Lipinski definition) is 2. The molecule has 1 unspecified atom stereocenters. The second-order valence-electron chi connectivity index (χ2n) is 5.57. The molecule has 0 spiro atoms. The van der Waals surface area contributed by atoms with Crippen LogP contribution in [0.5, 0.6) is 0 Å². The molecule has 2 rings (SSSR count). The first-order valence-corrected chi connectivity index (χ1v) is 6.94. The number of amides is 1. The number of carbonyl (C=O) groups excluding carboxylic acids is 1. The number of alkyl halides is 6. The van der Waals surface area contributed by atoms with Gasteiger partial charge in [0.15, 0.2) is 0 Å². The topological polar surface area (TPSA) is 89.1 Å². The molecule has 0 aromatic heterocycles. The molecule has 12 heteroatoms. The number of nitrogens with zero attached hydrogens (tertiary/aromatic N) is 2. The van der Waals surface area contributed by atoms with E-state index in [2.05, 4.69) is 20.5 Å². The number of oxime groups is 1. The van der Waals surface area contributed by atoms with E-state index >= 15 is 0 Å². The van der Waals surface area contributed by atoms with E-state index in [0.29, 0.717) is 6.42 Å². The molecule has 0 aromatic rings. The number of halogens is 6. The highest BCUT2D eigenvalue weighted by molar-refractivity contribution is 6.43. The molecular weight excluding hydrogens is 346 g/mol. The van der Waals surface area contributed by atoms with Gasteiger partial charge in [0.25, 0.3) is 0 Å². The van der Waals surface area contributed by atoms with Gasteiger partial charge in [0.05, 0.1) is 12.1 Å². The van der Waals surface area contributed by atoms with Gasteiger partial charge in [0.1, 0.15) is 5.71 Å². The summed E-state index contributed by atoms with van der Waals surface area (Å²) in [5.41, 5.74) is 2.30. The summed E-state index contributed by atoms with van der Waals surface area (Å²) in [6.45, 7) is 0.212. The van der Waals surface area contributed by atoms with E-state index in [1.54, 1.807) is 0 Å². The van der Waals surface area contributed by atoms with Crippen LogP contribution in [0.25, 0.3) is 0 Å². The molecule has 136 valence electrons. The number of nitrogens with one attached hydrogen (secondary N) is 1. The van der Waals surface area contributed by atoms with Gasteiger partial charge < -0.3 is 10.6 Å². The molecule has 2 heterocycles. The van der Waals surface area contributed by atoms with Crippen LogP contribution < -0.4 is 11.2 Å². The van der Waals surface area contributed by atoms with Crippen molar-refractivity contribution in [2.75, 3.05) is 6.54 Å². The monoisotopic (exact) mass is 360 g/mol. The molecule has 0 radical (unpaired) electrons. The first-order chi connectivity index (χ1) is 11.0. The van der Waals surface area contributed by atoms with E-state index in [-0.39, 0.29) is 31.0 Å². The van der Waals surface area contributed by atoms with Crippen LogP contribution >= 0.6 is 0 Å². The third kappa shape index (κ3) is 3.32. The maximum atomic E-state index is 12.9. The van der Waals surface area contributed by atoms with E-state index in [1.165, 1.54) is 0 Å². The Morgan fingerprint density at radius 2 is 1.79 bits per heavy atom. The zero-order valence-electron chi connectivity index (χ0n) is 12.2. The highest BCUT2D eigenvalue weighted by atomic mass is 19.4. The normalized spacial score (nSPS) is 24.6. The standard InChI is InChI=1S/C12H14F6N4O2/c13-11(14,15)10(12(16,17)18)5-8(22-24-10)7-3-6(1-2-19)4-9(23)21-20-7/h6H,1-5,19H2,(H,21,23).